The smallest absolute Gasteiger partial charge is 0.251 e. The van der Waals surface area contributed by atoms with E-state index in [-0.39, 0.29) is 24.0 Å². The van der Waals surface area contributed by atoms with E-state index in [4.69, 9.17) is 9.47 Å². The molecule has 2 aromatic rings. The van der Waals surface area contributed by atoms with E-state index in [0.717, 1.165) is 25.0 Å². The van der Waals surface area contributed by atoms with E-state index in [1.165, 1.54) is 4.88 Å². The van der Waals surface area contributed by atoms with Crippen LogP contribution in [0.5, 0.6) is 5.75 Å². The summed E-state index contributed by atoms with van der Waals surface area (Å²) in [4.78, 5) is 27.7. The number of rotatable bonds is 9. The first-order valence-corrected chi connectivity index (χ1v) is 11.3. The maximum absolute atomic E-state index is 12.5. The number of hydrogen-bond donors (Lipinski definition) is 1. The molecule has 1 fully saturated rings. The fourth-order valence-corrected chi connectivity index (χ4v) is 4.37. The molecule has 0 aliphatic carbocycles. The Morgan fingerprint density at radius 3 is 2.57 bits per heavy atom. The van der Waals surface area contributed by atoms with Crippen molar-refractivity contribution in [2.24, 2.45) is 0 Å². The summed E-state index contributed by atoms with van der Waals surface area (Å²) in [6.45, 7) is 3.88. The molecule has 1 unspecified atom stereocenters. The van der Waals surface area contributed by atoms with Gasteiger partial charge in [-0.2, -0.15) is 0 Å². The largest absolute Gasteiger partial charge is 0.490 e. The van der Waals surface area contributed by atoms with Crippen molar-refractivity contribution in [1.29, 1.82) is 0 Å². The highest BCUT2D eigenvalue weighted by molar-refractivity contribution is 7.09. The van der Waals surface area contributed by atoms with Crippen molar-refractivity contribution >= 4 is 23.2 Å². The summed E-state index contributed by atoms with van der Waals surface area (Å²) in [5.74, 6) is 0.815. The molecule has 1 aliphatic rings. The highest BCUT2D eigenvalue weighted by Crippen LogP contribution is 2.20. The topological polar surface area (TPSA) is 67.9 Å². The van der Waals surface area contributed by atoms with Crippen LogP contribution in [0.25, 0.3) is 0 Å². The minimum atomic E-state index is -0.0755. The van der Waals surface area contributed by atoms with Crippen molar-refractivity contribution in [3.63, 3.8) is 0 Å². The number of benzene rings is 1. The Morgan fingerprint density at radius 1 is 1.20 bits per heavy atom. The van der Waals surface area contributed by atoms with Gasteiger partial charge in [-0.25, -0.2) is 0 Å². The van der Waals surface area contributed by atoms with Crippen LogP contribution in [0.1, 0.15) is 41.4 Å². The number of nitrogens with zero attached hydrogens (tertiary/aromatic N) is 1. The number of methoxy groups -OCH3 is 1. The highest BCUT2D eigenvalue weighted by Gasteiger charge is 2.23. The van der Waals surface area contributed by atoms with Crippen molar-refractivity contribution in [3.8, 4) is 5.75 Å². The third-order valence-electron chi connectivity index (χ3n) is 5.20. The van der Waals surface area contributed by atoms with Crippen LogP contribution in [0.2, 0.25) is 0 Å². The molecule has 3 rings (SSSR count). The highest BCUT2D eigenvalue weighted by atomic mass is 32.1. The first-order chi connectivity index (χ1) is 14.5. The normalized spacial score (nSPS) is 15.6. The lowest BCUT2D eigenvalue weighted by Gasteiger charge is -2.32. The second-order valence-electron chi connectivity index (χ2n) is 7.62. The maximum atomic E-state index is 12.5. The zero-order valence-corrected chi connectivity index (χ0v) is 18.5. The fraction of sp³-hybridized carbons (Fsp3) is 0.478. The molecular weight excluding hydrogens is 400 g/mol. The second kappa shape index (κ2) is 11.1. The van der Waals surface area contributed by atoms with Crippen LogP contribution >= 0.6 is 11.3 Å². The van der Waals surface area contributed by atoms with Gasteiger partial charge in [0.1, 0.15) is 11.9 Å². The predicted octanol–water partition coefficient (Wildman–Crippen LogP) is 3.52. The second-order valence-corrected chi connectivity index (χ2v) is 8.66. The maximum Gasteiger partial charge on any atom is 0.251 e. The minimum absolute atomic E-state index is 0.0730. The van der Waals surface area contributed by atoms with Crippen LogP contribution in [0.3, 0.4) is 0 Å². The van der Waals surface area contributed by atoms with Crippen molar-refractivity contribution in [1.82, 2.24) is 10.2 Å². The summed E-state index contributed by atoms with van der Waals surface area (Å²) >= 11 is 1.70. The Bertz CT molecular complexity index is 799. The summed E-state index contributed by atoms with van der Waals surface area (Å²) in [7, 11) is 1.61. The van der Waals surface area contributed by atoms with E-state index >= 15 is 0 Å². The molecule has 0 spiro atoms. The zero-order chi connectivity index (χ0) is 21.3. The zero-order valence-electron chi connectivity index (χ0n) is 17.6. The van der Waals surface area contributed by atoms with Crippen LogP contribution < -0.4 is 10.1 Å². The SMILES string of the molecule is COCCC(=O)N1CCC(Oc2ccc(C(=O)NC(C)Cc3cccs3)cc2)CC1. The van der Waals surface area contributed by atoms with Gasteiger partial charge in [0.2, 0.25) is 5.91 Å². The van der Waals surface area contributed by atoms with Crippen molar-refractivity contribution in [2.75, 3.05) is 26.8 Å². The molecule has 7 heteroatoms. The van der Waals surface area contributed by atoms with Gasteiger partial charge in [-0.3, -0.25) is 9.59 Å². The lowest BCUT2D eigenvalue weighted by molar-refractivity contribution is -0.133. The fourth-order valence-electron chi connectivity index (χ4n) is 3.54. The number of ether oxygens (including phenoxy) is 2. The molecule has 1 N–H and O–H groups in total. The molecule has 0 bridgehead atoms. The monoisotopic (exact) mass is 430 g/mol. The molecule has 0 radical (unpaired) electrons. The molecule has 1 aliphatic heterocycles. The summed E-state index contributed by atoms with van der Waals surface area (Å²) in [5.41, 5.74) is 0.624. The number of carbonyl (C=O) groups is 2. The number of piperidine rings is 1. The molecule has 162 valence electrons. The first kappa shape index (κ1) is 22.3. The van der Waals surface area contributed by atoms with Crippen LogP contribution in [-0.2, 0) is 16.0 Å². The quantitative estimate of drug-likeness (QED) is 0.661. The summed E-state index contributed by atoms with van der Waals surface area (Å²) < 4.78 is 11.0. The number of thiophene rings is 1. The average molecular weight is 431 g/mol. The number of hydrogen-bond acceptors (Lipinski definition) is 5. The van der Waals surface area contributed by atoms with Crippen LogP contribution in [-0.4, -0.2) is 55.7 Å². The van der Waals surface area contributed by atoms with E-state index in [2.05, 4.69) is 11.4 Å². The van der Waals surface area contributed by atoms with E-state index in [1.54, 1.807) is 30.6 Å². The van der Waals surface area contributed by atoms with Crippen LogP contribution in [0.15, 0.2) is 41.8 Å². The molecule has 1 aromatic heterocycles. The van der Waals surface area contributed by atoms with Gasteiger partial charge in [-0.15, -0.1) is 11.3 Å². The van der Waals surface area contributed by atoms with Gasteiger partial charge < -0.3 is 19.7 Å². The Hall–Kier alpha value is -2.38. The van der Waals surface area contributed by atoms with E-state index in [0.29, 0.717) is 31.7 Å². The van der Waals surface area contributed by atoms with Gasteiger partial charge in [0.25, 0.3) is 5.91 Å². The lowest BCUT2D eigenvalue weighted by Crippen LogP contribution is -2.42. The standard InChI is InChI=1S/C23H30N2O4S/c1-17(16-21-4-3-15-30-21)24-23(27)18-5-7-19(8-6-18)29-20-9-12-25(13-10-20)22(26)11-14-28-2/h3-8,15,17,20H,9-14,16H2,1-2H3,(H,24,27). The van der Waals surface area contributed by atoms with Gasteiger partial charge >= 0.3 is 0 Å². The van der Waals surface area contributed by atoms with E-state index in [1.807, 2.05) is 35.4 Å². The van der Waals surface area contributed by atoms with Gasteiger partial charge in [-0.1, -0.05) is 6.07 Å². The summed E-state index contributed by atoms with van der Waals surface area (Å²) in [6.07, 6.45) is 2.96. The van der Waals surface area contributed by atoms with Crippen LogP contribution in [0, 0.1) is 0 Å². The van der Waals surface area contributed by atoms with Crippen molar-refractivity contribution in [3.05, 3.63) is 52.2 Å². The number of nitrogens with one attached hydrogen (secondary N) is 1. The van der Waals surface area contributed by atoms with Gasteiger partial charge in [0.15, 0.2) is 0 Å². The predicted molar refractivity (Wildman–Crippen MR) is 118 cm³/mol. The number of likely N-dealkylation sites (tertiary alicyclic amines) is 1. The molecule has 1 saturated heterocycles. The van der Waals surface area contributed by atoms with Gasteiger partial charge in [-0.05, 0) is 42.6 Å². The summed E-state index contributed by atoms with van der Waals surface area (Å²) in [6, 6.07) is 11.5. The summed E-state index contributed by atoms with van der Waals surface area (Å²) in [5, 5.41) is 5.09. The van der Waals surface area contributed by atoms with E-state index in [9.17, 15) is 9.59 Å². The molecule has 1 atom stereocenters. The lowest BCUT2D eigenvalue weighted by atomic mass is 10.1. The molecule has 1 aromatic carbocycles. The van der Waals surface area contributed by atoms with Crippen molar-refractivity contribution in [2.45, 2.75) is 44.8 Å². The molecule has 30 heavy (non-hydrogen) atoms. The van der Waals surface area contributed by atoms with Crippen molar-refractivity contribution < 1.29 is 19.1 Å². The molecule has 0 saturated carbocycles. The number of carbonyl (C=O) groups excluding carboxylic acids is 2. The molecular formula is C23H30N2O4S. The Balaban J connectivity index is 1.43. The molecule has 2 amide bonds. The average Bonchev–Trinajstić information content (AvgIpc) is 3.26. The number of amides is 2. The van der Waals surface area contributed by atoms with Gasteiger partial charge in [0.05, 0.1) is 13.0 Å². The van der Waals surface area contributed by atoms with E-state index < -0.39 is 0 Å². The Labute approximate surface area is 182 Å². The van der Waals surface area contributed by atoms with Crippen LogP contribution in [0.4, 0.5) is 0 Å². The Morgan fingerprint density at radius 2 is 1.93 bits per heavy atom. The third kappa shape index (κ3) is 6.57. The molecule has 6 nitrogen and oxygen atoms in total. The minimum Gasteiger partial charge on any atom is -0.490 e. The Kier molecular flexibility index (Phi) is 8.28. The van der Waals surface area contributed by atoms with Gasteiger partial charge in [0, 0.05) is 55.9 Å². The first-order valence-electron chi connectivity index (χ1n) is 10.4. The third-order valence-corrected chi connectivity index (χ3v) is 6.10. The molecule has 2 heterocycles.